The zero-order valence-corrected chi connectivity index (χ0v) is 15.2. The summed E-state index contributed by atoms with van der Waals surface area (Å²) in [6.07, 6.45) is 4.12. The Balaban J connectivity index is 0.00000225. The Hall–Kier alpha value is -2.05. The van der Waals surface area contributed by atoms with Crippen LogP contribution in [0.5, 0.6) is 5.75 Å². The minimum absolute atomic E-state index is 0. The largest absolute Gasteiger partial charge is 0.494 e. The Kier molecular flexibility index (Phi) is 7.28. The molecule has 1 amide bonds. The van der Waals surface area contributed by atoms with E-state index < -0.39 is 0 Å². The molecule has 1 aromatic carbocycles. The van der Waals surface area contributed by atoms with E-state index in [1.165, 1.54) is 0 Å². The summed E-state index contributed by atoms with van der Waals surface area (Å²) in [6.45, 7) is 4.94. The quantitative estimate of drug-likeness (QED) is 0.826. The molecular formula is C18H25ClN4O2. The number of hydrogen-bond acceptors (Lipinski definition) is 4. The first kappa shape index (κ1) is 19.3. The van der Waals surface area contributed by atoms with Gasteiger partial charge in [-0.05, 0) is 38.4 Å². The number of amides is 1. The molecular weight excluding hydrogens is 340 g/mol. The molecule has 2 N–H and O–H groups in total. The van der Waals surface area contributed by atoms with E-state index in [2.05, 4.69) is 15.7 Å². The van der Waals surface area contributed by atoms with E-state index in [1.807, 2.05) is 42.1 Å². The molecule has 2 heterocycles. The number of benzene rings is 1. The van der Waals surface area contributed by atoms with Crippen LogP contribution in [0.2, 0.25) is 0 Å². The van der Waals surface area contributed by atoms with Crippen molar-refractivity contribution in [2.45, 2.75) is 32.4 Å². The first-order chi connectivity index (χ1) is 11.8. The SMILES string of the molecule is CCOc1ccccc1CNC(=O)c1ccn(C2CCCNC2)n1.Cl. The highest BCUT2D eigenvalue weighted by molar-refractivity contribution is 5.92. The van der Waals surface area contributed by atoms with Gasteiger partial charge in [0, 0.05) is 24.8 Å². The maximum atomic E-state index is 12.3. The number of nitrogens with zero attached hydrogens (tertiary/aromatic N) is 2. The van der Waals surface area contributed by atoms with Gasteiger partial charge in [0.05, 0.1) is 12.6 Å². The van der Waals surface area contributed by atoms with Gasteiger partial charge < -0.3 is 15.4 Å². The highest BCUT2D eigenvalue weighted by Crippen LogP contribution is 2.18. The van der Waals surface area contributed by atoms with Crippen molar-refractivity contribution in [2.24, 2.45) is 0 Å². The fourth-order valence-corrected chi connectivity index (χ4v) is 2.93. The van der Waals surface area contributed by atoms with Crippen LogP contribution in [0.1, 0.15) is 41.9 Å². The van der Waals surface area contributed by atoms with Crippen LogP contribution < -0.4 is 15.4 Å². The second kappa shape index (κ2) is 9.44. The van der Waals surface area contributed by atoms with Crippen molar-refractivity contribution in [3.05, 3.63) is 47.8 Å². The van der Waals surface area contributed by atoms with Crippen molar-refractivity contribution in [2.75, 3.05) is 19.7 Å². The second-order valence-electron chi connectivity index (χ2n) is 5.90. The van der Waals surface area contributed by atoms with Crippen LogP contribution in [0.4, 0.5) is 0 Å². The highest BCUT2D eigenvalue weighted by Gasteiger charge is 2.17. The lowest BCUT2D eigenvalue weighted by atomic mass is 10.1. The molecule has 1 atom stereocenters. The van der Waals surface area contributed by atoms with Crippen LogP contribution >= 0.6 is 12.4 Å². The van der Waals surface area contributed by atoms with Crippen LogP contribution in [0, 0.1) is 0 Å². The van der Waals surface area contributed by atoms with Gasteiger partial charge in [-0.2, -0.15) is 5.10 Å². The summed E-state index contributed by atoms with van der Waals surface area (Å²) in [6, 6.07) is 9.84. The molecule has 0 bridgehead atoms. The lowest BCUT2D eigenvalue weighted by molar-refractivity contribution is 0.0944. The summed E-state index contributed by atoms with van der Waals surface area (Å²) in [5, 5.41) is 10.7. The first-order valence-corrected chi connectivity index (χ1v) is 8.52. The summed E-state index contributed by atoms with van der Waals surface area (Å²) in [5.41, 5.74) is 1.41. The number of halogens is 1. The predicted octanol–water partition coefficient (Wildman–Crippen LogP) is 2.56. The van der Waals surface area contributed by atoms with E-state index in [1.54, 1.807) is 6.07 Å². The van der Waals surface area contributed by atoms with Crippen molar-refractivity contribution in [1.29, 1.82) is 0 Å². The zero-order valence-electron chi connectivity index (χ0n) is 14.4. The molecule has 1 aliphatic rings. The number of nitrogens with one attached hydrogen (secondary N) is 2. The number of rotatable bonds is 6. The maximum absolute atomic E-state index is 12.3. The van der Waals surface area contributed by atoms with Gasteiger partial charge in [-0.1, -0.05) is 18.2 Å². The van der Waals surface area contributed by atoms with Crippen molar-refractivity contribution < 1.29 is 9.53 Å². The maximum Gasteiger partial charge on any atom is 0.272 e. The average Bonchev–Trinajstić information content (AvgIpc) is 3.12. The van der Waals surface area contributed by atoms with E-state index in [9.17, 15) is 4.79 Å². The van der Waals surface area contributed by atoms with Gasteiger partial charge in [0.25, 0.3) is 5.91 Å². The fourth-order valence-electron chi connectivity index (χ4n) is 2.93. The predicted molar refractivity (Wildman–Crippen MR) is 99.4 cm³/mol. The first-order valence-electron chi connectivity index (χ1n) is 8.52. The molecule has 6 nitrogen and oxygen atoms in total. The number of ether oxygens (including phenoxy) is 1. The van der Waals surface area contributed by atoms with E-state index >= 15 is 0 Å². The minimum Gasteiger partial charge on any atom is -0.494 e. The van der Waals surface area contributed by atoms with Gasteiger partial charge in [0.15, 0.2) is 0 Å². The summed E-state index contributed by atoms with van der Waals surface area (Å²) in [5.74, 6) is 0.642. The molecule has 7 heteroatoms. The van der Waals surface area contributed by atoms with E-state index in [-0.39, 0.29) is 18.3 Å². The van der Waals surface area contributed by atoms with Crippen molar-refractivity contribution >= 4 is 18.3 Å². The summed E-state index contributed by atoms with van der Waals surface area (Å²) < 4.78 is 7.48. The van der Waals surface area contributed by atoms with Crippen molar-refractivity contribution in [1.82, 2.24) is 20.4 Å². The monoisotopic (exact) mass is 364 g/mol. The lowest BCUT2D eigenvalue weighted by Crippen LogP contribution is -2.32. The molecule has 0 saturated carbocycles. The van der Waals surface area contributed by atoms with Gasteiger partial charge >= 0.3 is 0 Å². The number of carbonyl (C=O) groups excluding carboxylic acids is 1. The number of piperidine rings is 1. The molecule has 0 radical (unpaired) electrons. The molecule has 0 spiro atoms. The molecule has 25 heavy (non-hydrogen) atoms. The molecule has 3 rings (SSSR count). The van der Waals surface area contributed by atoms with Gasteiger partial charge in [-0.15, -0.1) is 12.4 Å². The minimum atomic E-state index is -0.163. The van der Waals surface area contributed by atoms with Crippen LogP contribution in [0.3, 0.4) is 0 Å². The topological polar surface area (TPSA) is 68.2 Å². The summed E-state index contributed by atoms with van der Waals surface area (Å²) in [4.78, 5) is 12.3. The second-order valence-corrected chi connectivity index (χ2v) is 5.90. The lowest BCUT2D eigenvalue weighted by Gasteiger charge is -2.22. The molecule has 1 aromatic heterocycles. The molecule has 1 saturated heterocycles. The normalized spacial score (nSPS) is 16.8. The van der Waals surface area contributed by atoms with E-state index in [4.69, 9.17) is 4.74 Å². The zero-order chi connectivity index (χ0) is 16.8. The summed E-state index contributed by atoms with van der Waals surface area (Å²) >= 11 is 0. The fraction of sp³-hybridized carbons (Fsp3) is 0.444. The number of carbonyl (C=O) groups is 1. The smallest absolute Gasteiger partial charge is 0.272 e. The van der Waals surface area contributed by atoms with E-state index in [0.29, 0.717) is 24.9 Å². The third-order valence-electron chi connectivity index (χ3n) is 4.20. The Labute approximate surface area is 154 Å². The number of aromatic nitrogens is 2. The molecule has 1 fully saturated rings. The van der Waals surface area contributed by atoms with Gasteiger partial charge in [0.2, 0.25) is 0 Å². The van der Waals surface area contributed by atoms with Gasteiger partial charge in [0.1, 0.15) is 11.4 Å². The molecule has 2 aromatic rings. The Morgan fingerprint density at radius 2 is 2.24 bits per heavy atom. The third kappa shape index (κ3) is 4.96. The average molecular weight is 365 g/mol. The Morgan fingerprint density at radius 3 is 3.00 bits per heavy atom. The summed E-state index contributed by atoms with van der Waals surface area (Å²) in [7, 11) is 0. The van der Waals surface area contributed by atoms with Crippen molar-refractivity contribution in [3.8, 4) is 5.75 Å². The number of hydrogen-bond donors (Lipinski definition) is 2. The van der Waals surface area contributed by atoms with Crippen LogP contribution in [0.25, 0.3) is 0 Å². The Morgan fingerprint density at radius 1 is 1.40 bits per heavy atom. The van der Waals surface area contributed by atoms with Crippen LogP contribution in [-0.2, 0) is 6.54 Å². The number of para-hydroxylation sites is 1. The van der Waals surface area contributed by atoms with Gasteiger partial charge in [-0.3, -0.25) is 9.48 Å². The third-order valence-corrected chi connectivity index (χ3v) is 4.20. The molecule has 136 valence electrons. The Bertz CT molecular complexity index is 683. The van der Waals surface area contributed by atoms with Gasteiger partial charge in [-0.25, -0.2) is 0 Å². The van der Waals surface area contributed by atoms with Crippen molar-refractivity contribution in [3.63, 3.8) is 0 Å². The van der Waals surface area contributed by atoms with E-state index in [0.717, 1.165) is 37.2 Å². The molecule has 1 unspecified atom stereocenters. The molecule has 0 aliphatic carbocycles. The standard InChI is InChI=1S/C18H24N4O2.ClH/c1-2-24-17-8-4-3-6-14(17)12-20-18(23)16-9-11-22(21-16)15-7-5-10-19-13-15;/h3-4,6,8-9,11,15,19H,2,5,7,10,12-13H2,1H3,(H,20,23);1H. The molecule has 1 aliphatic heterocycles. The van der Waals surface area contributed by atoms with Crippen LogP contribution in [-0.4, -0.2) is 35.4 Å². The highest BCUT2D eigenvalue weighted by atomic mass is 35.5. The van der Waals surface area contributed by atoms with Crippen LogP contribution in [0.15, 0.2) is 36.5 Å².